The van der Waals surface area contributed by atoms with E-state index < -0.39 is 23.9 Å². The number of likely N-dealkylation sites (N-methyl/N-ethyl adjacent to an activating group) is 1. The van der Waals surface area contributed by atoms with Crippen molar-refractivity contribution in [2.75, 3.05) is 18.9 Å². The van der Waals surface area contributed by atoms with Crippen LogP contribution >= 0.6 is 22.9 Å². The van der Waals surface area contributed by atoms with Gasteiger partial charge in [-0.1, -0.05) is 11.6 Å². The van der Waals surface area contributed by atoms with E-state index in [4.69, 9.17) is 11.6 Å². The van der Waals surface area contributed by atoms with Crippen molar-refractivity contribution in [2.24, 2.45) is 0 Å². The van der Waals surface area contributed by atoms with Crippen molar-refractivity contribution in [3.63, 3.8) is 0 Å². The fourth-order valence-corrected chi connectivity index (χ4v) is 5.87. The van der Waals surface area contributed by atoms with Crippen molar-refractivity contribution in [1.29, 1.82) is 0 Å². The van der Waals surface area contributed by atoms with Gasteiger partial charge in [0.15, 0.2) is 5.01 Å². The zero-order valence-electron chi connectivity index (χ0n) is 20.0. The molecule has 0 spiro atoms. The number of hydrogen-bond acceptors (Lipinski definition) is 9. The Kier molecular flexibility index (Phi) is 7.44. The monoisotopic (exact) mass is 543 g/mol. The minimum atomic E-state index is -0.853. The molecule has 1 aliphatic heterocycles. The van der Waals surface area contributed by atoms with Crippen molar-refractivity contribution in [3.05, 3.63) is 51.1 Å². The van der Waals surface area contributed by atoms with Gasteiger partial charge >= 0.3 is 11.8 Å². The van der Waals surface area contributed by atoms with Gasteiger partial charge in [-0.05, 0) is 38.4 Å². The molecule has 12 nitrogen and oxygen atoms in total. The molecule has 3 amide bonds. The van der Waals surface area contributed by atoms with Gasteiger partial charge in [-0.2, -0.15) is 5.10 Å². The third-order valence-electron chi connectivity index (χ3n) is 6.60. The minimum Gasteiger partial charge on any atom is -0.345 e. The lowest BCUT2D eigenvalue weighted by molar-refractivity contribution is -0.136. The predicted molar refractivity (Wildman–Crippen MR) is 136 cm³/mol. The summed E-state index contributed by atoms with van der Waals surface area (Å²) >= 11 is 7.22. The van der Waals surface area contributed by atoms with Crippen molar-refractivity contribution < 1.29 is 14.4 Å². The molecule has 1 saturated carbocycles. The average Bonchev–Trinajstić information content (AvgIpc) is 3.56. The average molecular weight is 544 g/mol. The van der Waals surface area contributed by atoms with E-state index in [1.165, 1.54) is 29.9 Å². The van der Waals surface area contributed by atoms with Crippen LogP contribution in [0.4, 0.5) is 5.82 Å². The Morgan fingerprint density at radius 1 is 1.14 bits per heavy atom. The molecule has 4 heterocycles. The maximum atomic E-state index is 13.2. The summed E-state index contributed by atoms with van der Waals surface area (Å²) < 4.78 is 0. The largest absolute Gasteiger partial charge is 0.345 e. The number of carbonyl (C=O) groups is 3. The van der Waals surface area contributed by atoms with Crippen LogP contribution in [0, 0.1) is 0 Å². The Morgan fingerprint density at radius 2 is 2.00 bits per heavy atom. The standard InChI is InChI=1S/C23H26ClN9O3S/c1-33-7-6-15-17(10-33)37-23(30-15)22(36)29-16-8-12(19-26-11-27-32-19)2-4-14(16)28-20(34)21(35)31-18-5-3-13(24)9-25-18/h3,5,9,11-12,14,16H,2,4,6-8,10H2,1H3,(H,28,34)(H,29,36)(H,25,31,35)(H,26,27,32)/t12-,14-,16+/m0/s1. The fourth-order valence-electron chi connectivity index (χ4n) is 4.67. The first-order valence-electron chi connectivity index (χ1n) is 11.9. The van der Waals surface area contributed by atoms with Gasteiger partial charge in [0.2, 0.25) is 0 Å². The molecule has 0 bridgehead atoms. The SMILES string of the molecule is CN1CCc2nc(C(=O)N[C@@H]3C[C@@H](c4ncn[nH]4)CC[C@@H]3NC(=O)C(=O)Nc3ccc(Cl)cn3)sc2C1. The van der Waals surface area contributed by atoms with Gasteiger partial charge in [0.25, 0.3) is 5.91 Å². The molecule has 0 radical (unpaired) electrons. The number of nitrogens with zero attached hydrogens (tertiary/aromatic N) is 5. The first kappa shape index (κ1) is 25.2. The van der Waals surface area contributed by atoms with Crippen molar-refractivity contribution in [1.82, 2.24) is 40.7 Å². The van der Waals surface area contributed by atoms with Gasteiger partial charge in [-0.25, -0.2) is 15.0 Å². The summed E-state index contributed by atoms with van der Waals surface area (Å²) in [6.07, 6.45) is 5.38. The maximum absolute atomic E-state index is 13.2. The molecule has 3 aromatic rings. The number of fused-ring (bicyclic) bond motifs is 1. The molecule has 3 atom stereocenters. The molecule has 0 saturated heterocycles. The van der Waals surface area contributed by atoms with Gasteiger partial charge in [0.05, 0.1) is 16.8 Å². The zero-order valence-corrected chi connectivity index (χ0v) is 21.6. The molecule has 2 aliphatic rings. The van der Waals surface area contributed by atoms with E-state index in [-0.39, 0.29) is 17.6 Å². The van der Waals surface area contributed by atoms with Crippen LogP contribution in [0.2, 0.25) is 5.02 Å². The highest BCUT2D eigenvalue weighted by molar-refractivity contribution is 7.13. The molecule has 5 rings (SSSR count). The Balaban J connectivity index is 1.28. The molecule has 3 aromatic heterocycles. The number of pyridine rings is 1. The summed E-state index contributed by atoms with van der Waals surface area (Å²) in [7, 11) is 2.04. The van der Waals surface area contributed by atoms with Gasteiger partial charge < -0.3 is 20.9 Å². The smallest absolute Gasteiger partial charge is 0.314 e. The van der Waals surface area contributed by atoms with E-state index in [9.17, 15) is 14.4 Å². The van der Waals surface area contributed by atoms with E-state index >= 15 is 0 Å². The lowest BCUT2D eigenvalue weighted by Crippen LogP contribution is -2.56. The summed E-state index contributed by atoms with van der Waals surface area (Å²) in [6, 6.07) is 2.17. The molecule has 194 valence electrons. The quantitative estimate of drug-likeness (QED) is 0.352. The predicted octanol–water partition coefficient (Wildman–Crippen LogP) is 1.49. The Labute approximate surface area is 221 Å². The lowest BCUT2D eigenvalue weighted by Gasteiger charge is -2.36. The third kappa shape index (κ3) is 5.95. The number of rotatable bonds is 5. The van der Waals surface area contributed by atoms with Crippen LogP contribution in [0.3, 0.4) is 0 Å². The van der Waals surface area contributed by atoms with Crippen LogP contribution < -0.4 is 16.0 Å². The molecular weight excluding hydrogens is 518 g/mol. The number of amides is 3. The van der Waals surface area contributed by atoms with E-state index in [0.717, 1.165) is 35.9 Å². The first-order chi connectivity index (χ1) is 17.9. The van der Waals surface area contributed by atoms with Crippen LogP contribution in [0.5, 0.6) is 0 Å². The van der Waals surface area contributed by atoms with Crippen LogP contribution in [0.1, 0.15) is 51.4 Å². The fraction of sp³-hybridized carbons (Fsp3) is 0.435. The summed E-state index contributed by atoms with van der Waals surface area (Å²) in [4.78, 5) is 54.5. The second-order valence-corrected chi connectivity index (χ2v) is 10.8. The summed E-state index contributed by atoms with van der Waals surface area (Å²) in [6.45, 7) is 1.68. The number of aromatic amines is 1. The van der Waals surface area contributed by atoms with E-state index in [2.05, 4.69) is 46.0 Å². The van der Waals surface area contributed by atoms with Gasteiger partial charge in [0.1, 0.15) is 18.0 Å². The number of halogens is 1. The van der Waals surface area contributed by atoms with Gasteiger partial charge in [-0.15, -0.1) is 11.3 Å². The van der Waals surface area contributed by atoms with Crippen molar-refractivity contribution in [2.45, 2.75) is 50.2 Å². The number of H-pyrrole nitrogens is 1. The van der Waals surface area contributed by atoms with Crippen molar-refractivity contribution in [3.8, 4) is 0 Å². The number of carbonyl (C=O) groups excluding carboxylic acids is 3. The van der Waals surface area contributed by atoms with E-state index in [1.807, 2.05) is 7.05 Å². The Morgan fingerprint density at radius 3 is 2.76 bits per heavy atom. The van der Waals surface area contributed by atoms with E-state index in [1.54, 1.807) is 6.07 Å². The highest BCUT2D eigenvalue weighted by Gasteiger charge is 2.36. The lowest BCUT2D eigenvalue weighted by atomic mass is 9.81. The normalized spacial score (nSPS) is 21.6. The molecule has 4 N–H and O–H groups in total. The Hall–Kier alpha value is -3.42. The maximum Gasteiger partial charge on any atom is 0.314 e. The summed E-state index contributed by atoms with van der Waals surface area (Å²) in [5.41, 5.74) is 0.966. The zero-order chi connectivity index (χ0) is 25.9. The van der Waals surface area contributed by atoms with Crippen LogP contribution in [0.25, 0.3) is 0 Å². The first-order valence-corrected chi connectivity index (χ1v) is 13.1. The topological polar surface area (TPSA) is 158 Å². The molecule has 37 heavy (non-hydrogen) atoms. The molecular formula is C23H26ClN9O3S. The molecule has 14 heteroatoms. The summed E-state index contributed by atoms with van der Waals surface area (Å²) in [5.74, 6) is -1.00. The second-order valence-electron chi connectivity index (χ2n) is 9.23. The number of thiazole rings is 1. The second kappa shape index (κ2) is 10.9. The number of aromatic nitrogens is 5. The highest BCUT2D eigenvalue weighted by atomic mass is 35.5. The number of anilines is 1. The third-order valence-corrected chi connectivity index (χ3v) is 7.90. The highest BCUT2D eigenvalue weighted by Crippen LogP contribution is 2.32. The number of nitrogens with one attached hydrogen (secondary N) is 4. The minimum absolute atomic E-state index is 0.0196. The number of hydrogen-bond donors (Lipinski definition) is 4. The van der Waals surface area contributed by atoms with Crippen LogP contribution in [0.15, 0.2) is 24.7 Å². The molecule has 0 unspecified atom stereocenters. The Bertz CT molecular complexity index is 1280. The van der Waals surface area contributed by atoms with Crippen LogP contribution in [-0.2, 0) is 22.6 Å². The molecule has 1 fully saturated rings. The van der Waals surface area contributed by atoms with Gasteiger partial charge in [0, 0.05) is 42.5 Å². The molecule has 1 aliphatic carbocycles. The van der Waals surface area contributed by atoms with Crippen LogP contribution in [-0.4, -0.2) is 73.4 Å². The summed E-state index contributed by atoms with van der Waals surface area (Å²) in [5, 5.41) is 16.0. The van der Waals surface area contributed by atoms with Gasteiger partial charge in [-0.3, -0.25) is 19.5 Å². The van der Waals surface area contributed by atoms with E-state index in [0.29, 0.717) is 29.3 Å². The molecule has 0 aromatic carbocycles. The van der Waals surface area contributed by atoms with Crippen molar-refractivity contribution >= 4 is 46.5 Å².